The Morgan fingerprint density at radius 1 is 1.00 bits per heavy atom. The number of Topliss-reactive ketones (excluding diaryl/α,β-unsaturated/α-hetero) is 1. The van der Waals surface area contributed by atoms with E-state index in [4.69, 9.17) is 0 Å². The average molecular weight is 241 g/mol. The number of ketones is 1. The number of amides is 1. The van der Waals surface area contributed by atoms with E-state index in [9.17, 15) is 9.59 Å². The maximum Gasteiger partial charge on any atom is 0.227 e. The first kappa shape index (κ1) is 12.3. The molecule has 1 amide bonds. The number of carbonyl (C=O) groups excluding carboxylic acids is 2. The molecular weight excluding hydrogens is 226 g/mol. The van der Waals surface area contributed by atoms with Gasteiger partial charge in [-0.3, -0.25) is 14.5 Å². The summed E-state index contributed by atoms with van der Waals surface area (Å²) in [6, 6.07) is 9.55. The molecular formula is C15H15NO2. The fourth-order valence-electron chi connectivity index (χ4n) is 2.06. The maximum absolute atomic E-state index is 12.0. The van der Waals surface area contributed by atoms with Gasteiger partial charge in [-0.15, -0.1) is 0 Å². The fourth-order valence-corrected chi connectivity index (χ4v) is 2.06. The minimum atomic E-state index is -0.757. The topological polar surface area (TPSA) is 37.4 Å². The Balaban J connectivity index is 2.45. The van der Waals surface area contributed by atoms with Gasteiger partial charge in [0.15, 0.2) is 0 Å². The zero-order valence-electron chi connectivity index (χ0n) is 10.5. The summed E-state index contributed by atoms with van der Waals surface area (Å²) in [5.74, 6) is -0.0443. The second kappa shape index (κ2) is 4.61. The van der Waals surface area contributed by atoms with E-state index >= 15 is 0 Å². The summed E-state index contributed by atoms with van der Waals surface area (Å²) in [6.07, 6.45) is 6.84. The molecule has 18 heavy (non-hydrogen) atoms. The van der Waals surface area contributed by atoms with Crippen molar-refractivity contribution < 1.29 is 9.59 Å². The molecule has 0 radical (unpaired) electrons. The Bertz CT molecular complexity index is 515. The number of allylic oxidation sites excluding steroid dienone is 2. The number of hydrogen-bond donors (Lipinski definition) is 0. The van der Waals surface area contributed by atoms with Crippen LogP contribution in [0.5, 0.6) is 0 Å². The highest BCUT2D eigenvalue weighted by molar-refractivity contribution is 5.93. The van der Waals surface area contributed by atoms with Crippen molar-refractivity contribution in [1.29, 1.82) is 0 Å². The molecule has 0 saturated carbocycles. The third-order valence-corrected chi connectivity index (χ3v) is 3.19. The predicted molar refractivity (Wildman–Crippen MR) is 69.6 cm³/mol. The first-order valence-electron chi connectivity index (χ1n) is 5.80. The molecule has 0 fully saturated rings. The van der Waals surface area contributed by atoms with Crippen LogP contribution in [-0.2, 0) is 15.0 Å². The van der Waals surface area contributed by atoms with Gasteiger partial charge in [-0.05, 0) is 24.6 Å². The van der Waals surface area contributed by atoms with Crippen LogP contribution in [0.25, 0.3) is 0 Å². The summed E-state index contributed by atoms with van der Waals surface area (Å²) in [4.78, 5) is 24.7. The molecule has 3 heteroatoms. The first-order valence-corrected chi connectivity index (χ1v) is 5.80. The molecule has 2 rings (SSSR count). The molecule has 0 spiro atoms. The Morgan fingerprint density at radius 2 is 1.56 bits per heavy atom. The number of rotatable bonds is 2. The summed E-state index contributed by atoms with van der Waals surface area (Å²) < 4.78 is 0. The van der Waals surface area contributed by atoms with Gasteiger partial charge in [-0.1, -0.05) is 30.3 Å². The van der Waals surface area contributed by atoms with E-state index < -0.39 is 5.41 Å². The van der Waals surface area contributed by atoms with Crippen LogP contribution in [-0.4, -0.2) is 16.6 Å². The van der Waals surface area contributed by atoms with Crippen LogP contribution >= 0.6 is 0 Å². The van der Waals surface area contributed by atoms with Crippen LogP contribution in [0.2, 0.25) is 0 Å². The lowest BCUT2D eigenvalue weighted by atomic mass is 9.76. The summed E-state index contributed by atoms with van der Waals surface area (Å²) in [5, 5.41) is 0. The SMILES string of the molecule is CC(=O)N1C=CC(C(C)=O)(c2ccccc2)C=C1. The maximum atomic E-state index is 12.0. The Kier molecular flexibility index (Phi) is 3.15. The van der Waals surface area contributed by atoms with E-state index in [-0.39, 0.29) is 11.7 Å². The van der Waals surface area contributed by atoms with Crippen molar-refractivity contribution in [2.45, 2.75) is 19.3 Å². The highest BCUT2D eigenvalue weighted by Gasteiger charge is 2.34. The van der Waals surface area contributed by atoms with Gasteiger partial charge >= 0.3 is 0 Å². The van der Waals surface area contributed by atoms with Gasteiger partial charge < -0.3 is 0 Å². The van der Waals surface area contributed by atoms with Gasteiger partial charge in [0.1, 0.15) is 5.78 Å². The largest absolute Gasteiger partial charge is 0.298 e. The van der Waals surface area contributed by atoms with E-state index in [1.807, 2.05) is 30.3 Å². The van der Waals surface area contributed by atoms with Crippen LogP contribution in [0.3, 0.4) is 0 Å². The molecule has 1 aromatic carbocycles. The molecule has 0 unspecified atom stereocenters. The van der Waals surface area contributed by atoms with E-state index in [0.717, 1.165) is 5.56 Å². The second-order valence-corrected chi connectivity index (χ2v) is 4.35. The number of benzene rings is 1. The lowest BCUT2D eigenvalue weighted by molar-refractivity contribution is -0.125. The van der Waals surface area contributed by atoms with Crippen LogP contribution in [0.4, 0.5) is 0 Å². The van der Waals surface area contributed by atoms with E-state index in [1.54, 1.807) is 31.5 Å². The van der Waals surface area contributed by atoms with Crippen LogP contribution in [0.1, 0.15) is 19.4 Å². The van der Waals surface area contributed by atoms with Crippen molar-refractivity contribution in [2.24, 2.45) is 0 Å². The van der Waals surface area contributed by atoms with E-state index in [1.165, 1.54) is 11.8 Å². The highest BCUT2D eigenvalue weighted by Crippen LogP contribution is 2.31. The Morgan fingerprint density at radius 3 is 2.00 bits per heavy atom. The van der Waals surface area contributed by atoms with Crippen molar-refractivity contribution >= 4 is 11.7 Å². The van der Waals surface area contributed by atoms with E-state index in [0.29, 0.717) is 0 Å². The molecule has 3 nitrogen and oxygen atoms in total. The fraction of sp³-hybridized carbons (Fsp3) is 0.200. The molecule has 0 aliphatic carbocycles. The van der Waals surface area contributed by atoms with Gasteiger partial charge in [0, 0.05) is 19.3 Å². The number of hydrogen-bond acceptors (Lipinski definition) is 2. The number of carbonyl (C=O) groups is 2. The van der Waals surface area contributed by atoms with Crippen LogP contribution < -0.4 is 0 Å². The molecule has 0 atom stereocenters. The van der Waals surface area contributed by atoms with Crippen LogP contribution in [0.15, 0.2) is 54.9 Å². The van der Waals surface area contributed by atoms with Crippen molar-refractivity contribution in [2.75, 3.05) is 0 Å². The minimum absolute atomic E-state index is 0.0319. The first-order chi connectivity index (χ1) is 8.56. The molecule has 92 valence electrons. The summed E-state index contributed by atoms with van der Waals surface area (Å²) in [7, 11) is 0. The monoisotopic (exact) mass is 241 g/mol. The molecule has 0 N–H and O–H groups in total. The summed E-state index contributed by atoms with van der Waals surface area (Å²) in [5.41, 5.74) is 0.154. The molecule has 1 aliphatic rings. The minimum Gasteiger partial charge on any atom is -0.298 e. The Hall–Kier alpha value is -2.16. The summed E-state index contributed by atoms with van der Waals surface area (Å²) in [6.45, 7) is 3.04. The third-order valence-electron chi connectivity index (χ3n) is 3.19. The molecule has 0 aromatic heterocycles. The zero-order valence-corrected chi connectivity index (χ0v) is 10.5. The Labute approximate surface area is 106 Å². The van der Waals surface area contributed by atoms with Crippen molar-refractivity contribution in [3.05, 3.63) is 60.4 Å². The van der Waals surface area contributed by atoms with E-state index in [2.05, 4.69) is 0 Å². The highest BCUT2D eigenvalue weighted by atomic mass is 16.2. The standard InChI is InChI=1S/C15H15NO2/c1-12(17)15(14-6-4-3-5-7-14)8-10-16(11-9-15)13(2)18/h3-11H,1-2H3. The van der Waals surface area contributed by atoms with Gasteiger partial charge in [0.25, 0.3) is 0 Å². The average Bonchev–Trinajstić information content (AvgIpc) is 2.39. The van der Waals surface area contributed by atoms with Gasteiger partial charge in [0.2, 0.25) is 5.91 Å². The van der Waals surface area contributed by atoms with Gasteiger partial charge in [0.05, 0.1) is 5.41 Å². The van der Waals surface area contributed by atoms with Gasteiger partial charge in [-0.2, -0.15) is 0 Å². The molecule has 1 aliphatic heterocycles. The second-order valence-electron chi connectivity index (χ2n) is 4.35. The molecule has 1 aromatic rings. The van der Waals surface area contributed by atoms with Gasteiger partial charge in [-0.25, -0.2) is 0 Å². The van der Waals surface area contributed by atoms with Crippen LogP contribution in [0, 0.1) is 0 Å². The number of nitrogens with zero attached hydrogens (tertiary/aromatic N) is 1. The summed E-state index contributed by atoms with van der Waals surface area (Å²) >= 11 is 0. The predicted octanol–water partition coefficient (Wildman–Crippen LogP) is 2.40. The molecule has 0 saturated heterocycles. The quantitative estimate of drug-likeness (QED) is 0.797. The third kappa shape index (κ3) is 1.99. The van der Waals surface area contributed by atoms with Crippen molar-refractivity contribution in [1.82, 2.24) is 4.90 Å². The lowest BCUT2D eigenvalue weighted by Gasteiger charge is -2.29. The smallest absolute Gasteiger partial charge is 0.227 e. The zero-order chi connectivity index (χ0) is 13.2. The molecule has 1 heterocycles. The van der Waals surface area contributed by atoms with Crippen molar-refractivity contribution in [3.8, 4) is 0 Å². The van der Waals surface area contributed by atoms with Crippen molar-refractivity contribution in [3.63, 3.8) is 0 Å². The molecule has 0 bridgehead atoms. The lowest BCUT2D eigenvalue weighted by Crippen LogP contribution is -2.34. The normalized spacial score (nSPS) is 16.7.